The van der Waals surface area contributed by atoms with E-state index in [2.05, 4.69) is 26.8 Å². The summed E-state index contributed by atoms with van der Waals surface area (Å²) in [7, 11) is 0. The van der Waals surface area contributed by atoms with Gasteiger partial charge in [-0.15, -0.1) is 0 Å². The minimum absolute atomic E-state index is 0.113. The molecule has 8 heteroatoms. The van der Waals surface area contributed by atoms with Gasteiger partial charge in [0.2, 0.25) is 0 Å². The molecular formula is C28H27ClN6O. The second kappa shape index (κ2) is 6.32. The molecule has 0 amide bonds. The van der Waals surface area contributed by atoms with Gasteiger partial charge in [-0.25, -0.2) is 4.68 Å². The van der Waals surface area contributed by atoms with E-state index in [9.17, 15) is 5.11 Å². The molecule has 3 aromatic heterocycles. The molecule has 4 atom stereocenters. The molecule has 1 aromatic carbocycles. The number of hydrogen-bond donors (Lipinski definition) is 1. The summed E-state index contributed by atoms with van der Waals surface area (Å²) < 4.78 is 4.16. The SMILES string of the molecule is OC1(c2cccnc2)[C@@H]2CC[C@H]3CN(c4cc5c(cnn5-c5cnn(C67CC(C6)C7)c5)cc4Cl)CC321. The van der Waals surface area contributed by atoms with E-state index in [1.807, 2.05) is 41.5 Å². The number of nitrogens with zero attached hydrogens (tertiary/aromatic N) is 6. The van der Waals surface area contributed by atoms with Gasteiger partial charge in [-0.1, -0.05) is 17.7 Å². The Bertz CT molecular complexity index is 1550. The monoisotopic (exact) mass is 498 g/mol. The van der Waals surface area contributed by atoms with E-state index in [1.165, 1.54) is 19.3 Å². The summed E-state index contributed by atoms with van der Waals surface area (Å²) in [5.41, 5.74) is 3.39. The van der Waals surface area contributed by atoms with Gasteiger partial charge in [-0.05, 0) is 62.1 Å². The van der Waals surface area contributed by atoms with Crippen LogP contribution >= 0.6 is 11.6 Å². The Morgan fingerprint density at radius 1 is 1.06 bits per heavy atom. The van der Waals surface area contributed by atoms with Crippen LogP contribution in [0.5, 0.6) is 0 Å². The number of aromatic nitrogens is 5. The summed E-state index contributed by atoms with van der Waals surface area (Å²) in [5, 5.41) is 23.1. The summed E-state index contributed by atoms with van der Waals surface area (Å²) in [6.45, 7) is 1.73. The second-order valence-corrected chi connectivity index (χ2v) is 12.4. The van der Waals surface area contributed by atoms with Gasteiger partial charge >= 0.3 is 0 Å². The number of anilines is 1. The molecule has 4 heterocycles. The fourth-order valence-electron chi connectivity index (χ4n) is 8.69. The maximum atomic E-state index is 11.9. The zero-order valence-electron chi connectivity index (χ0n) is 19.9. The van der Waals surface area contributed by atoms with E-state index in [-0.39, 0.29) is 11.0 Å². The Balaban J connectivity index is 1.08. The standard InChI is InChI=1S/C28H27ClN6O/c29-22-6-18-11-32-35(21-13-31-34(15-21)26-8-17(9-26)10-26)23(18)7-24(22)33-14-20-3-4-25-27(20,16-33)28(25,36)19-2-1-5-30-12-19/h1-2,5-7,11-13,15,17,20,25,36H,3-4,8-10,14,16H2/t17?,20-,25+,26?,27?,28?/m0/s1. The minimum atomic E-state index is -0.784. The second-order valence-electron chi connectivity index (χ2n) is 12.0. The van der Waals surface area contributed by atoms with Gasteiger partial charge < -0.3 is 10.0 Å². The topological polar surface area (TPSA) is 72.0 Å². The number of halogens is 1. The van der Waals surface area contributed by atoms with Crippen molar-refractivity contribution in [2.24, 2.45) is 23.2 Å². The fourth-order valence-corrected chi connectivity index (χ4v) is 8.98. The molecule has 5 aliphatic carbocycles. The molecule has 10 rings (SSSR count). The van der Waals surface area contributed by atoms with Gasteiger partial charge in [0.25, 0.3) is 0 Å². The van der Waals surface area contributed by atoms with Crippen molar-refractivity contribution in [3.05, 3.63) is 65.8 Å². The lowest BCUT2D eigenvalue weighted by molar-refractivity contribution is -0.0977. The summed E-state index contributed by atoms with van der Waals surface area (Å²) in [5.74, 6) is 1.66. The van der Waals surface area contributed by atoms with Crippen LogP contribution in [0.4, 0.5) is 5.69 Å². The van der Waals surface area contributed by atoms with Crippen LogP contribution in [-0.4, -0.2) is 42.7 Å². The molecule has 4 aromatic rings. The van der Waals surface area contributed by atoms with Gasteiger partial charge in [0.05, 0.1) is 40.4 Å². The van der Waals surface area contributed by atoms with Crippen molar-refractivity contribution in [3.8, 4) is 5.69 Å². The van der Waals surface area contributed by atoms with Crippen molar-refractivity contribution in [2.45, 2.75) is 43.2 Å². The van der Waals surface area contributed by atoms with Crippen molar-refractivity contribution in [1.29, 1.82) is 0 Å². The highest BCUT2D eigenvalue weighted by molar-refractivity contribution is 6.34. The molecule has 6 aliphatic rings. The third kappa shape index (κ3) is 2.20. The summed E-state index contributed by atoms with van der Waals surface area (Å²) in [4.78, 5) is 6.70. The van der Waals surface area contributed by atoms with Crippen molar-refractivity contribution in [1.82, 2.24) is 24.5 Å². The largest absolute Gasteiger partial charge is 0.384 e. The average molecular weight is 499 g/mol. The first-order valence-electron chi connectivity index (χ1n) is 13.1. The maximum absolute atomic E-state index is 11.9. The number of fused-ring (bicyclic) bond motifs is 1. The Morgan fingerprint density at radius 3 is 2.72 bits per heavy atom. The van der Waals surface area contributed by atoms with E-state index in [0.29, 0.717) is 11.8 Å². The molecule has 7 nitrogen and oxygen atoms in total. The van der Waals surface area contributed by atoms with E-state index >= 15 is 0 Å². The number of aliphatic hydroxyl groups is 1. The lowest BCUT2D eigenvalue weighted by Crippen LogP contribution is -2.59. The Morgan fingerprint density at radius 2 is 1.94 bits per heavy atom. The highest BCUT2D eigenvalue weighted by atomic mass is 35.5. The summed E-state index contributed by atoms with van der Waals surface area (Å²) >= 11 is 6.87. The van der Waals surface area contributed by atoms with Gasteiger partial charge in [-0.2, -0.15) is 10.2 Å². The normalized spacial score (nSPS) is 37.5. The van der Waals surface area contributed by atoms with Crippen LogP contribution in [0.25, 0.3) is 16.6 Å². The molecule has 2 bridgehead atoms. The molecular weight excluding hydrogens is 472 g/mol. The van der Waals surface area contributed by atoms with Crippen molar-refractivity contribution < 1.29 is 5.11 Å². The Labute approximate surface area is 213 Å². The first kappa shape index (κ1) is 20.2. The third-order valence-electron chi connectivity index (χ3n) is 10.6. The molecule has 5 saturated carbocycles. The Hall–Kier alpha value is -2.90. The third-order valence-corrected chi connectivity index (χ3v) is 10.9. The number of rotatable bonds is 4. The van der Waals surface area contributed by atoms with Gasteiger partial charge in [0.15, 0.2) is 0 Å². The van der Waals surface area contributed by atoms with E-state index < -0.39 is 5.60 Å². The zero-order chi connectivity index (χ0) is 23.9. The van der Waals surface area contributed by atoms with E-state index in [4.69, 9.17) is 21.8 Å². The lowest BCUT2D eigenvalue weighted by atomic mass is 9.50. The van der Waals surface area contributed by atoms with Crippen molar-refractivity contribution in [3.63, 3.8) is 0 Å². The fraction of sp³-hybridized carbons (Fsp3) is 0.464. The molecule has 1 saturated heterocycles. The zero-order valence-corrected chi connectivity index (χ0v) is 20.6. The van der Waals surface area contributed by atoms with Gasteiger partial charge in [-0.3, -0.25) is 9.67 Å². The predicted molar refractivity (Wildman–Crippen MR) is 136 cm³/mol. The van der Waals surface area contributed by atoms with Crippen molar-refractivity contribution >= 4 is 28.2 Å². The van der Waals surface area contributed by atoms with Gasteiger partial charge in [0, 0.05) is 47.8 Å². The summed E-state index contributed by atoms with van der Waals surface area (Å²) in [6.07, 6.45) is 15.6. The van der Waals surface area contributed by atoms with Crippen LogP contribution in [0, 0.1) is 23.2 Å². The van der Waals surface area contributed by atoms with Crippen molar-refractivity contribution in [2.75, 3.05) is 18.0 Å². The van der Waals surface area contributed by atoms with E-state index in [1.54, 1.807) is 6.20 Å². The highest BCUT2D eigenvalue weighted by Gasteiger charge is 2.83. The summed E-state index contributed by atoms with van der Waals surface area (Å²) in [6, 6.07) is 8.18. The van der Waals surface area contributed by atoms with Crippen LogP contribution < -0.4 is 4.90 Å². The number of pyridine rings is 1. The lowest BCUT2D eigenvalue weighted by Gasteiger charge is -2.61. The number of hydrogen-bond acceptors (Lipinski definition) is 5. The van der Waals surface area contributed by atoms with Crippen LogP contribution in [0.2, 0.25) is 5.02 Å². The first-order chi connectivity index (χ1) is 17.5. The van der Waals surface area contributed by atoms with Crippen LogP contribution in [0.15, 0.2) is 55.2 Å². The van der Waals surface area contributed by atoms with E-state index in [0.717, 1.165) is 64.7 Å². The van der Waals surface area contributed by atoms with Gasteiger partial charge in [0.1, 0.15) is 11.3 Å². The average Bonchev–Trinajstić information content (AvgIpc) is 3.43. The molecule has 36 heavy (non-hydrogen) atoms. The maximum Gasteiger partial charge on any atom is 0.103 e. The quantitative estimate of drug-likeness (QED) is 0.448. The molecule has 2 unspecified atom stereocenters. The molecule has 1 aliphatic heterocycles. The molecule has 6 fully saturated rings. The number of benzene rings is 1. The molecule has 182 valence electrons. The molecule has 1 spiro atoms. The minimum Gasteiger partial charge on any atom is -0.384 e. The predicted octanol–water partition coefficient (Wildman–Crippen LogP) is 4.51. The van der Waals surface area contributed by atoms with Crippen LogP contribution in [-0.2, 0) is 11.1 Å². The van der Waals surface area contributed by atoms with Crippen LogP contribution in [0.1, 0.15) is 37.7 Å². The smallest absolute Gasteiger partial charge is 0.103 e. The Kier molecular flexibility index (Phi) is 3.54. The van der Waals surface area contributed by atoms with Crippen LogP contribution in [0.3, 0.4) is 0 Å². The highest BCUT2D eigenvalue weighted by Crippen LogP contribution is 2.79. The first-order valence-corrected chi connectivity index (χ1v) is 13.5. The molecule has 0 radical (unpaired) electrons. The molecule has 1 N–H and O–H groups in total.